The Hall–Kier alpha value is -0.600. The van der Waals surface area contributed by atoms with Gasteiger partial charge in [-0.15, -0.1) is 0 Å². The van der Waals surface area contributed by atoms with Crippen LogP contribution >= 0.6 is 35.0 Å². The normalized spacial score (nSPS) is 24.4. The Morgan fingerprint density at radius 2 is 2.11 bits per heavy atom. The topological polar surface area (TPSA) is 53.8 Å². The van der Waals surface area contributed by atoms with E-state index in [-0.39, 0.29) is 5.54 Å². The van der Waals surface area contributed by atoms with E-state index in [1.807, 2.05) is 29.4 Å². The van der Waals surface area contributed by atoms with Crippen LogP contribution in [0.4, 0.5) is 0 Å². The van der Waals surface area contributed by atoms with Gasteiger partial charge in [-0.2, -0.15) is 11.8 Å². The Labute approximate surface area is 176 Å². The zero-order valence-electron chi connectivity index (χ0n) is 16.1. The van der Waals surface area contributed by atoms with E-state index in [9.17, 15) is 0 Å². The Balaban J connectivity index is 1.66. The summed E-state index contributed by atoms with van der Waals surface area (Å²) in [5.41, 5.74) is 1.17. The Kier molecular flexibility index (Phi) is 7.62. The number of aliphatic imine (C=N–C) groups is 1. The van der Waals surface area contributed by atoms with Gasteiger partial charge < -0.3 is 19.9 Å². The van der Waals surface area contributed by atoms with Crippen molar-refractivity contribution in [1.29, 1.82) is 0 Å². The zero-order chi connectivity index (χ0) is 19.3. The summed E-state index contributed by atoms with van der Waals surface area (Å²) in [7, 11) is 1.91. The van der Waals surface area contributed by atoms with Crippen molar-refractivity contribution in [1.82, 2.24) is 20.1 Å². The van der Waals surface area contributed by atoms with Crippen molar-refractivity contribution < 1.29 is 4.74 Å². The zero-order valence-corrected chi connectivity index (χ0v) is 18.4. The van der Waals surface area contributed by atoms with Crippen LogP contribution in [0.2, 0.25) is 10.2 Å². The number of aromatic nitrogens is 1. The highest BCUT2D eigenvalue weighted by Gasteiger charge is 2.40. The summed E-state index contributed by atoms with van der Waals surface area (Å²) in [4.78, 5) is 7.34. The van der Waals surface area contributed by atoms with E-state index in [0.717, 1.165) is 56.8 Å². The van der Waals surface area contributed by atoms with Crippen molar-refractivity contribution in [2.75, 3.05) is 50.9 Å². The second-order valence-corrected chi connectivity index (χ2v) is 8.88. The third kappa shape index (κ3) is 5.07. The number of rotatable bonds is 6. The number of halogens is 2. The Morgan fingerprint density at radius 1 is 1.33 bits per heavy atom. The molecule has 1 aromatic rings. The van der Waals surface area contributed by atoms with E-state index < -0.39 is 0 Å². The van der Waals surface area contributed by atoms with Crippen LogP contribution in [0, 0.1) is 0 Å². The number of ether oxygens (including phenoxy) is 1. The van der Waals surface area contributed by atoms with Crippen LogP contribution in [-0.4, -0.2) is 71.9 Å². The predicted molar refractivity (Wildman–Crippen MR) is 115 cm³/mol. The van der Waals surface area contributed by atoms with E-state index >= 15 is 0 Å². The molecule has 27 heavy (non-hydrogen) atoms. The van der Waals surface area contributed by atoms with Gasteiger partial charge >= 0.3 is 0 Å². The smallest absolute Gasteiger partial charge is 0.191 e. The fourth-order valence-electron chi connectivity index (χ4n) is 3.63. The number of nitrogens with zero attached hydrogens (tertiary/aromatic N) is 3. The van der Waals surface area contributed by atoms with E-state index in [4.69, 9.17) is 32.9 Å². The quantitative estimate of drug-likeness (QED) is 0.533. The molecule has 2 aliphatic rings. The predicted octanol–water partition coefficient (Wildman–Crippen LogP) is 2.59. The molecule has 0 aromatic carbocycles. The van der Waals surface area contributed by atoms with Crippen molar-refractivity contribution >= 4 is 40.9 Å². The molecular weight excluding hydrogens is 405 g/mol. The molecule has 152 valence electrons. The van der Waals surface area contributed by atoms with Crippen molar-refractivity contribution in [2.24, 2.45) is 12.0 Å². The van der Waals surface area contributed by atoms with E-state index in [2.05, 4.69) is 22.5 Å². The van der Waals surface area contributed by atoms with Gasteiger partial charge in [0.25, 0.3) is 0 Å². The van der Waals surface area contributed by atoms with Gasteiger partial charge in [-0.3, -0.25) is 4.90 Å². The lowest BCUT2D eigenvalue weighted by Crippen LogP contribution is -2.60. The molecule has 0 spiro atoms. The summed E-state index contributed by atoms with van der Waals surface area (Å²) < 4.78 is 7.42. The SMILES string of the molecule is CCNC(=NCc1cc(Cl)c(Cl)n1C)NCC1(N2CCOCC2)CCSC1. The molecule has 2 saturated heterocycles. The fraction of sp³-hybridized carbons (Fsp3) is 0.722. The lowest BCUT2D eigenvalue weighted by molar-refractivity contribution is -0.0120. The van der Waals surface area contributed by atoms with Gasteiger partial charge in [0.05, 0.1) is 24.8 Å². The molecule has 3 rings (SSSR count). The van der Waals surface area contributed by atoms with Gasteiger partial charge in [-0.1, -0.05) is 23.2 Å². The standard InChI is InChI=1S/C18H29Cl2N5OS/c1-3-21-17(22-11-14-10-15(19)16(20)24(14)2)23-12-18(4-9-27-13-18)25-5-7-26-8-6-25/h10H,3-9,11-13H2,1-2H3,(H2,21,22,23). The highest BCUT2D eigenvalue weighted by atomic mass is 35.5. The maximum atomic E-state index is 6.16. The van der Waals surface area contributed by atoms with Gasteiger partial charge in [0.1, 0.15) is 5.15 Å². The van der Waals surface area contributed by atoms with E-state index in [1.165, 1.54) is 12.2 Å². The van der Waals surface area contributed by atoms with Crippen molar-refractivity contribution in [2.45, 2.75) is 25.4 Å². The average Bonchev–Trinajstić information content (AvgIpc) is 3.26. The number of nitrogens with one attached hydrogen (secondary N) is 2. The molecule has 1 atom stereocenters. The van der Waals surface area contributed by atoms with Crippen LogP contribution in [0.25, 0.3) is 0 Å². The Bertz CT molecular complexity index is 654. The first kappa shape index (κ1) is 21.1. The molecule has 6 nitrogen and oxygen atoms in total. The van der Waals surface area contributed by atoms with Crippen LogP contribution < -0.4 is 10.6 Å². The van der Waals surface area contributed by atoms with Crippen molar-refractivity contribution in [3.63, 3.8) is 0 Å². The minimum absolute atomic E-state index is 0.183. The van der Waals surface area contributed by atoms with Crippen LogP contribution in [0.3, 0.4) is 0 Å². The molecular formula is C18H29Cl2N5OS. The molecule has 0 amide bonds. The van der Waals surface area contributed by atoms with Crippen LogP contribution in [0.1, 0.15) is 19.0 Å². The molecule has 1 unspecified atom stereocenters. The maximum Gasteiger partial charge on any atom is 0.191 e. The summed E-state index contributed by atoms with van der Waals surface area (Å²) in [6.45, 7) is 7.99. The number of guanidine groups is 1. The molecule has 9 heteroatoms. The number of hydrogen-bond donors (Lipinski definition) is 2. The third-order valence-corrected chi connectivity index (χ3v) is 7.38. The van der Waals surface area contributed by atoms with Crippen LogP contribution in [0.15, 0.2) is 11.1 Å². The molecule has 3 heterocycles. The largest absolute Gasteiger partial charge is 0.379 e. The van der Waals surface area contributed by atoms with Gasteiger partial charge in [-0.25, -0.2) is 4.99 Å². The first-order valence-corrected chi connectivity index (χ1v) is 11.4. The van der Waals surface area contributed by atoms with Crippen LogP contribution in [0.5, 0.6) is 0 Å². The van der Waals surface area contributed by atoms with E-state index in [0.29, 0.717) is 16.7 Å². The minimum atomic E-state index is 0.183. The Morgan fingerprint density at radius 3 is 2.70 bits per heavy atom. The summed E-state index contributed by atoms with van der Waals surface area (Å²) in [5.74, 6) is 3.20. The second kappa shape index (κ2) is 9.74. The molecule has 2 aliphatic heterocycles. The van der Waals surface area contributed by atoms with Gasteiger partial charge in [0.2, 0.25) is 0 Å². The van der Waals surface area contributed by atoms with Gasteiger partial charge in [0, 0.05) is 50.2 Å². The molecule has 0 saturated carbocycles. The maximum absolute atomic E-state index is 6.16. The van der Waals surface area contributed by atoms with Crippen molar-refractivity contribution in [3.05, 3.63) is 21.9 Å². The van der Waals surface area contributed by atoms with Crippen molar-refractivity contribution in [3.8, 4) is 0 Å². The first-order valence-electron chi connectivity index (χ1n) is 9.48. The average molecular weight is 434 g/mol. The molecule has 0 bridgehead atoms. The number of thioether (sulfide) groups is 1. The van der Waals surface area contributed by atoms with Gasteiger partial charge in [0.15, 0.2) is 5.96 Å². The highest BCUT2D eigenvalue weighted by Crippen LogP contribution is 2.33. The lowest BCUT2D eigenvalue weighted by atomic mass is 9.95. The summed E-state index contributed by atoms with van der Waals surface area (Å²) in [6, 6.07) is 1.87. The molecule has 2 fully saturated rings. The highest BCUT2D eigenvalue weighted by molar-refractivity contribution is 7.99. The molecule has 0 radical (unpaired) electrons. The molecule has 0 aliphatic carbocycles. The number of morpholine rings is 1. The lowest BCUT2D eigenvalue weighted by Gasteiger charge is -2.43. The molecule has 1 aromatic heterocycles. The second-order valence-electron chi connectivity index (χ2n) is 7.01. The monoisotopic (exact) mass is 433 g/mol. The fourth-order valence-corrected chi connectivity index (χ4v) is 5.52. The summed E-state index contributed by atoms with van der Waals surface area (Å²) in [5, 5.41) is 8.05. The molecule has 2 N–H and O–H groups in total. The minimum Gasteiger partial charge on any atom is -0.379 e. The van der Waals surface area contributed by atoms with E-state index in [1.54, 1.807) is 0 Å². The van der Waals surface area contributed by atoms with Gasteiger partial charge in [-0.05, 0) is 25.2 Å². The van der Waals surface area contributed by atoms with Crippen LogP contribution in [-0.2, 0) is 18.3 Å². The summed E-state index contributed by atoms with van der Waals surface area (Å²) in [6.07, 6.45) is 1.20. The number of hydrogen-bond acceptors (Lipinski definition) is 4. The third-order valence-electron chi connectivity index (χ3n) is 5.31. The summed E-state index contributed by atoms with van der Waals surface area (Å²) >= 11 is 14.3. The first-order chi connectivity index (χ1) is 13.1.